The number of nitriles is 1. The number of hydrazone groups is 1. The first-order valence-electron chi connectivity index (χ1n) is 9.46. The van der Waals surface area contributed by atoms with Crippen LogP contribution in [0, 0.1) is 11.3 Å². The molecule has 0 aliphatic carbocycles. The van der Waals surface area contributed by atoms with Crippen LogP contribution in [0.3, 0.4) is 0 Å². The topological polar surface area (TPSA) is 87.6 Å². The number of fused-ring (bicyclic) bond motifs is 1. The van der Waals surface area contributed by atoms with Gasteiger partial charge in [-0.3, -0.25) is 4.79 Å². The highest BCUT2D eigenvalue weighted by Gasteiger charge is 2.12. The standard InChI is InChI=1S/C24H15Br2N3O3/c25-19-6-8-22-17(9-19)11-23(32-22)24(30)29-28-13-18-10-20(26)5-7-21(18)31-14-16-4-2-1-3-15(16)12-27/h1-11,13H,14H2,(H,29,30)/b28-13+. The Balaban J connectivity index is 1.47. The van der Waals surface area contributed by atoms with E-state index in [4.69, 9.17) is 9.15 Å². The number of ether oxygens (including phenoxy) is 1. The van der Waals surface area contributed by atoms with Crippen molar-refractivity contribution in [2.45, 2.75) is 6.61 Å². The van der Waals surface area contributed by atoms with Crippen molar-refractivity contribution in [3.8, 4) is 11.8 Å². The molecule has 8 heteroatoms. The van der Waals surface area contributed by atoms with Gasteiger partial charge in [0.1, 0.15) is 17.9 Å². The van der Waals surface area contributed by atoms with E-state index >= 15 is 0 Å². The Morgan fingerprint density at radius 3 is 2.72 bits per heavy atom. The molecule has 0 aliphatic rings. The highest BCUT2D eigenvalue weighted by molar-refractivity contribution is 9.10. The Kier molecular flexibility index (Phi) is 6.69. The summed E-state index contributed by atoms with van der Waals surface area (Å²) >= 11 is 6.83. The lowest BCUT2D eigenvalue weighted by molar-refractivity contribution is 0.0929. The molecule has 0 atom stereocenters. The lowest BCUT2D eigenvalue weighted by atomic mass is 10.1. The third-order valence-electron chi connectivity index (χ3n) is 4.56. The van der Waals surface area contributed by atoms with E-state index in [0.717, 1.165) is 19.9 Å². The van der Waals surface area contributed by atoms with Crippen LogP contribution < -0.4 is 10.2 Å². The number of benzene rings is 3. The van der Waals surface area contributed by atoms with Crippen LogP contribution in [-0.2, 0) is 6.61 Å². The Labute approximate surface area is 200 Å². The number of carbonyl (C=O) groups is 1. The summed E-state index contributed by atoms with van der Waals surface area (Å²) in [6.45, 7) is 0.229. The Hall–Kier alpha value is -3.41. The van der Waals surface area contributed by atoms with Gasteiger partial charge in [-0.15, -0.1) is 0 Å². The molecule has 4 aromatic rings. The van der Waals surface area contributed by atoms with E-state index < -0.39 is 5.91 Å². The van der Waals surface area contributed by atoms with Crippen LogP contribution in [0.5, 0.6) is 5.75 Å². The number of hydrogen-bond acceptors (Lipinski definition) is 5. The van der Waals surface area contributed by atoms with Crippen molar-refractivity contribution in [2.24, 2.45) is 5.10 Å². The van der Waals surface area contributed by atoms with Crippen molar-refractivity contribution in [3.05, 3.63) is 98.1 Å². The van der Waals surface area contributed by atoms with Crippen LogP contribution in [0.4, 0.5) is 0 Å². The summed E-state index contributed by atoms with van der Waals surface area (Å²) in [5.41, 5.74) is 5.08. The van der Waals surface area contributed by atoms with Crippen molar-refractivity contribution in [1.82, 2.24) is 5.43 Å². The first kappa shape index (κ1) is 21.8. The summed E-state index contributed by atoms with van der Waals surface area (Å²) in [4.78, 5) is 12.4. The summed E-state index contributed by atoms with van der Waals surface area (Å²) in [7, 11) is 0. The molecule has 0 fully saturated rings. The largest absolute Gasteiger partial charge is 0.488 e. The van der Waals surface area contributed by atoms with Crippen molar-refractivity contribution in [1.29, 1.82) is 5.26 Å². The van der Waals surface area contributed by atoms with Crippen molar-refractivity contribution in [2.75, 3.05) is 0 Å². The average molecular weight is 553 g/mol. The van der Waals surface area contributed by atoms with Gasteiger partial charge in [-0.2, -0.15) is 10.4 Å². The molecule has 4 rings (SSSR count). The Bertz CT molecular complexity index is 1370. The second-order valence-electron chi connectivity index (χ2n) is 6.73. The molecule has 0 aliphatic heterocycles. The van der Waals surface area contributed by atoms with E-state index in [2.05, 4.69) is 48.5 Å². The molecule has 0 unspecified atom stereocenters. The Morgan fingerprint density at radius 1 is 1.09 bits per heavy atom. The summed E-state index contributed by atoms with van der Waals surface area (Å²) in [6, 6.07) is 22.0. The van der Waals surface area contributed by atoms with Gasteiger partial charge in [0.25, 0.3) is 0 Å². The summed E-state index contributed by atoms with van der Waals surface area (Å²) < 4.78 is 13.2. The molecule has 0 spiro atoms. The fourth-order valence-corrected chi connectivity index (χ4v) is 3.76. The van der Waals surface area contributed by atoms with E-state index in [0.29, 0.717) is 22.5 Å². The van der Waals surface area contributed by atoms with Gasteiger partial charge in [-0.05, 0) is 48.5 Å². The molecular weight excluding hydrogens is 538 g/mol. The first-order valence-corrected chi connectivity index (χ1v) is 11.0. The molecule has 0 bridgehead atoms. The minimum Gasteiger partial charge on any atom is -0.488 e. The monoisotopic (exact) mass is 551 g/mol. The first-order chi connectivity index (χ1) is 15.5. The number of rotatable bonds is 6. The van der Waals surface area contributed by atoms with E-state index in [1.807, 2.05) is 42.5 Å². The quantitative estimate of drug-likeness (QED) is 0.229. The number of nitrogens with one attached hydrogen (secondary N) is 1. The van der Waals surface area contributed by atoms with Gasteiger partial charge in [0.15, 0.2) is 5.76 Å². The maximum absolute atomic E-state index is 12.4. The summed E-state index contributed by atoms with van der Waals surface area (Å²) in [5.74, 6) is 0.260. The van der Waals surface area contributed by atoms with Crippen molar-refractivity contribution < 1.29 is 13.9 Å². The number of halogens is 2. The zero-order chi connectivity index (χ0) is 22.5. The molecule has 0 saturated carbocycles. The van der Waals surface area contributed by atoms with Gasteiger partial charge >= 0.3 is 5.91 Å². The van der Waals surface area contributed by atoms with Crippen LogP contribution >= 0.6 is 31.9 Å². The molecule has 3 aromatic carbocycles. The summed E-state index contributed by atoms with van der Waals surface area (Å²) in [5, 5.41) is 14.1. The third kappa shape index (κ3) is 5.07. The molecule has 1 heterocycles. The normalized spacial score (nSPS) is 10.9. The maximum Gasteiger partial charge on any atom is 0.307 e. The van der Waals surface area contributed by atoms with Crippen LogP contribution in [0.15, 0.2) is 85.2 Å². The van der Waals surface area contributed by atoms with E-state index in [9.17, 15) is 10.1 Å². The predicted molar refractivity (Wildman–Crippen MR) is 129 cm³/mol. The van der Waals surface area contributed by atoms with Crippen LogP contribution in [-0.4, -0.2) is 12.1 Å². The summed E-state index contributed by atoms with van der Waals surface area (Å²) in [6.07, 6.45) is 1.49. The molecule has 0 radical (unpaired) electrons. The number of nitrogens with zero attached hydrogens (tertiary/aromatic N) is 2. The van der Waals surface area contributed by atoms with Gasteiger partial charge < -0.3 is 9.15 Å². The van der Waals surface area contributed by atoms with Crippen LogP contribution in [0.25, 0.3) is 11.0 Å². The number of furan rings is 1. The zero-order valence-electron chi connectivity index (χ0n) is 16.5. The molecular formula is C24H15Br2N3O3. The second-order valence-corrected chi connectivity index (χ2v) is 8.56. The zero-order valence-corrected chi connectivity index (χ0v) is 19.7. The third-order valence-corrected chi connectivity index (χ3v) is 5.55. The smallest absolute Gasteiger partial charge is 0.307 e. The lowest BCUT2D eigenvalue weighted by Gasteiger charge is -2.10. The molecule has 1 N–H and O–H groups in total. The molecule has 0 saturated heterocycles. The minimum absolute atomic E-state index is 0.161. The van der Waals surface area contributed by atoms with E-state index in [1.165, 1.54) is 6.21 Å². The molecule has 6 nitrogen and oxygen atoms in total. The number of hydrogen-bond donors (Lipinski definition) is 1. The SMILES string of the molecule is N#Cc1ccccc1COc1ccc(Br)cc1/C=N/NC(=O)c1cc2cc(Br)ccc2o1. The lowest BCUT2D eigenvalue weighted by Crippen LogP contribution is -2.16. The number of amides is 1. The maximum atomic E-state index is 12.4. The second kappa shape index (κ2) is 9.81. The predicted octanol–water partition coefficient (Wildman–Crippen LogP) is 6.17. The van der Waals surface area contributed by atoms with Gasteiger partial charge in [0.2, 0.25) is 0 Å². The van der Waals surface area contributed by atoms with Crippen LogP contribution in [0.2, 0.25) is 0 Å². The van der Waals surface area contributed by atoms with Crippen LogP contribution in [0.1, 0.15) is 27.2 Å². The van der Waals surface area contributed by atoms with Gasteiger partial charge in [0, 0.05) is 25.5 Å². The van der Waals surface area contributed by atoms with Gasteiger partial charge in [-0.1, -0.05) is 50.1 Å². The fourth-order valence-electron chi connectivity index (χ4n) is 3.00. The van der Waals surface area contributed by atoms with Gasteiger partial charge in [-0.25, -0.2) is 5.43 Å². The average Bonchev–Trinajstić information content (AvgIpc) is 3.22. The fraction of sp³-hybridized carbons (Fsp3) is 0.0417. The van der Waals surface area contributed by atoms with Crippen molar-refractivity contribution >= 4 is 55.0 Å². The highest BCUT2D eigenvalue weighted by Crippen LogP contribution is 2.24. The molecule has 32 heavy (non-hydrogen) atoms. The van der Waals surface area contributed by atoms with E-state index in [1.54, 1.807) is 24.3 Å². The van der Waals surface area contributed by atoms with E-state index in [-0.39, 0.29) is 12.4 Å². The molecule has 1 aromatic heterocycles. The number of carbonyl (C=O) groups excluding carboxylic acids is 1. The van der Waals surface area contributed by atoms with Gasteiger partial charge in [0.05, 0.1) is 17.8 Å². The molecule has 1 amide bonds. The minimum atomic E-state index is -0.464. The molecule has 158 valence electrons. The van der Waals surface area contributed by atoms with Crippen molar-refractivity contribution in [3.63, 3.8) is 0 Å². The highest BCUT2D eigenvalue weighted by atomic mass is 79.9. The Morgan fingerprint density at radius 2 is 1.88 bits per heavy atom.